The van der Waals surface area contributed by atoms with Crippen molar-refractivity contribution in [3.8, 4) is 22.4 Å². The van der Waals surface area contributed by atoms with Crippen molar-refractivity contribution in [1.82, 2.24) is 4.98 Å². The summed E-state index contributed by atoms with van der Waals surface area (Å²) in [6, 6.07) is 24.1. The molecule has 144 valence electrons. The van der Waals surface area contributed by atoms with E-state index in [1.54, 1.807) is 0 Å². The van der Waals surface area contributed by atoms with Crippen molar-refractivity contribution in [3.05, 3.63) is 89.3 Å². The predicted molar refractivity (Wildman–Crippen MR) is 122 cm³/mol. The van der Waals surface area contributed by atoms with Gasteiger partial charge in [-0.3, -0.25) is 5.32 Å². The van der Waals surface area contributed by atoms with Gasteiger partial charge in [-0.15, -0.1) is 11.3 Å². The van der Waals surface area contributed by atoms with Gasteiger partial charge in [0.1, 0.15) is 0 Å². The maximum Gasteiger partial charge on any atom is 0.325 e. The summed E-state index contributed by atoms with van der Waals surface area (Å²) in [6.45, 7) is 4.07. The quantitative estimate of drug-likeness (QED) is 0.399. The lowest BCUT2D eigenvalue weighted by atomic mass is 10.0. The van der Waals surface area contributed by atoms with E-state index in [1.807, 2.05) is 55.6 Å². The Balaban J connectivity index is 1.42. The third-order valence-corrected chi connectivity index (χ3v) is 5.53. The highest BCUT2D eigenvalue weighted by Gasteiger charge is 2.09. The second-order valence-corrected chi connectivity index (χ2v) is 7.72. The van der Waals surface area contributed by atoms with E-state index in [4.69, 9.17) is 0 Å². The fourth-order valence-corrected chi connectivity index (χ4v) is 3.72. The van der Waals surface area contributed by atoms with Gasteiger partial charge < -0.3 is 5.32 Å². The first-order chi connectivity index (χ1) is 14.1. The van der Waals surface area contributed by atoms with Crippen LogP contribution in [0, 0.1) is 13.8 Å². The van der Waals surface area contributed by atoms with Gasteiger partial charge in [0, 0.05) is 16.6 Å². The van der Waals surface area contributed by atoms with Crippen LogP contribution in [-0.4, -0.2) is 11.0 Å². The maximum atomic E-state index is 12.3. The van der Waals surface area contributed by atoms with Gasteiger partial charge in [0.25, 0.3) is 0 Å². The summed E-state index contributed by atoms with van der Waals surface area (Å²) in [5.41, 5.74) is 7.30. The minimum atomic E-state index is -0.298. The summed E-state index contributed by atoms with van der Waals surface area (Å²) >= 11 is 1.41. The lowest BCUT2D eigenvalue weighted by Gasteiger charge is -2.07. The van der Waals surface area contributed by atoms with Gasteiger partial charge in [0.2, 0.25) is 0 Å². The van der Waals surface area contributed by atoms with E-state index in [0.717, 1.165) is 28.1 Å². The topological polar surface area (TPSA) is 54.0 Å². The van der Waals surface area contributed by atoms with Crippen molar-refractivity contribution in [2.24, 2.45) is 0 Å². The number of urea groups is 1. The molecule has 0 saturated carbocycles. The number of benzene rings is 3. The SMILES string of the molecule is Cc1ccc(NC(=O)Nc2nc(-c3ccc(-c4ccccc4)cc3)cs2)cc1C. The molecule has 2 N–H and O–H groups in total. The Bertz CT molecular complexity index is 1130. The van der Waals surface area contributed by atoms with Gasteiger partial charge in [0.15, 0.2) is 5.13 Å². The Kier molecular flexibility index (Phi) is 5.40. The lowest BCUT2D eigenvalue weighted by Crippen LogP contribution is -2.19. The summed E-state index contributed by atoms with van der Waals surface area (Å²) in [5, 5.41) is 8.17. The molecule has 0 spiro atoms. The molecule has 0 atom stereocenters. The molecule has 3 aromatic carbocycles. The lowest BCUT2D eigenvalue weighted by molar-refractivity contribution is 0.262. The van der Waals surface area contributed by atoms with Crippen LogP contribution in [0.2, 0.25) is 0 Å². The van der Waals surface area contributed by atoms with Crippen LogP contribution in [0.1, 0.15) is 11.1 Å². The van der Waals surface area contributed by atoms with Crippen molar-refractivity contribution in [2.75, 3.05) is 10.6 Å². The van der Waals surface area contributed by atoms with Crippen LogP contribution in [0.5, 0.6) is 0 Å². The van der Waals surface area contributed by atoms with E-state index in [0.29, 0.717) is 5.13 Å². The molecule has 4 nitrogen and oxygen atoms in total. The summed E-state index contributed by atoms with van der Waals surface area (Å²) < 4.78 is 0. The van der Waals surface area contributed by atoms with Gasteiger partial charge in [-0.2, -0.15) is 0 Å². The Hall–Kier alpha value is -3.44. The fraction of sp³-hybridized carbons (Fsp3) is 0.0833. The second kappa shape index (κ2) is 8.29. The van der Waals surface area contributed by atoms with Crippen molar-refractivity contribution in [3.63, 3.8) is 0 Å². The third kappa shape index (κ3) is 4.52. The zero-order chi connectivity index (χ0) is 20.2. The summed E-state index contributed by atoms with van der Waals surface area (Å²) in [6.07, 6.45) is 0. The Labute approximate surface area is 174 Å². The number of hydrogen-bond donors (Lipinski definition) is 2. The second-order valence-electron chi connectivity index (χ2n) is 6.86. The third-order valence-electron chi connectivity index (χ3n) is 4.78. The minimum absolute atomic E-state index is 0.298. The van der Waals surface area contributed by atoms with Crippen LogP contribution in [0.4, 0.5) is 15.6 Å². The number of aromatic nitrogens is 1. The van der Waals surface area contributed by atoms with Crippen LogP contribution in [0.3, 0.4) is 0 Å². The van der Waals surface area contributed by atoms with Crippen LogP contribution < -0.4 is 10.6 Å². The molecule has 5 heteroatoms. The molecule has 1 aromatic heterocycles. The largest absolute Gasteiger partial charge is 0.325 e. The Morgan fingerprint density at radius 3 is 2.21 bits per heavy atom. The molecule has 0 unspecified atom stereocenters. The van der Waals surface area contributed by atoms with E-state index in [-0.39, 0.29) is 6.03 Å². The summed E-state index contributed by atoms with van der Waals surface area (Å²) in [7, 11) is 0. The number of carbonyl (C=O) groups excluding carboxylic acids is 1. The van der Waals surface area contributed by atoms with E-state index in [1.165, 1.54) is 22.5 Å². The molecule has 0 fully saturated rings. The van der Waals surface area contributed by atoms with Gasteiger partial charge in [-0.25, -0.2) is 9.78 Å². The number of nitrogens with zero attached hydrogens (tertiary/aromatic N) is 1. The number of rotatable bonds is 4. The van der Waals surface area contributed by atoms with Gasteiger partial charge in [0.05, 0.1) is 5.69 Å². The first-order valence-electron chi connectivity index (χ1n) is 9.35. The zero-order valence-electron chi connectivity index (χ0n) is 16.3. The smallest absolute Gasteiger partial charge is 0.308 e. The number of amides is 2. The fourth-order valence-electron chi connectivity index (χ4n) is 3.01. The molecule has 0 aliphatic heterocycles. The molecule has 4 aromatic rings. The van der Waals surface area contributed by atoms with Crippen LogP contribution in [0.25, 0.3) is 22.4 Å². The average Bonchev–Trinajstić information content (AvgIpc) is 3.20. The van der Waals surface area contributed by atoms with Crippen molar-refractivity contribution in [2.45, 2.75) is 13.8 Å². The van der Waals surface area contributed by atoms with Gasteiger partial charge in [-0.05, 0) is 48.2 Å². The molecule has 2 amide bonds. The van der Waals surface area contributed by atoms with E-state index < -0.39 is 0 Å². The van der Waals surface area contributed by atoms with E-state index in [2.05, 4.69) is 52.0 Å². The minimum Gasteiger partial charge on any atom is -0.308 e. The Morgan fingerprint density at radius 1 is 0.793 bits per heavy atom. The number of hydrogen-bond acceptors (Lipinski definition) is 3. The van der Waals surface area contributed by atoms with Gasteiger partial charge in [-0.1, -0.05) is 60.7 Å². The monoisotopic (exact) mass is 399 g/mol. The standard InChI is InChI=1S/C24H21N3OS/c1-16-8-13-21(14-17(16)2)25-23(28)27-24-26-22(15-29-24)20-11-9-19(10-12-20)18-6-4-3-5-7-18/h3-15H,1-2H3,(H2,25,26,27,28). The molecule has 4 rings (SSSR count). The number of thiazole rings is 1. The number of aryl methyl sites for hydroxylation is 2. The van der Waals surface area contributed by atoms with Gasteiger partial charge >= 0.3 is 6.03 Å². The molecule has 0 bridgehead atoms. The molecule has 0 aliphatic carbocycles. The summed E-state index contributed by atoms with van der Waals surface area (Å²) in [4.78, 5) is 16.8. The number of nitrogens with one attached hydrogen (secondary N) is 2. The van der Waals surface area contributed by atoms with Crippen LogP contribution in [0.15, 0.2) is 78.2 Å². The zero-order valence-corrected chi connectivity index (χ0v) is 17.1. The number of carbonyl (C=O) groups is 1. The molecular weight excluding hydrogens is 378 g/mol. The predicted octanol–water partition coefficient (Wildman–Crippen LogP) is 6.74. The van der Waals surface area contributed by atoms with E-state index in [9.17, 15) is 4.79 Å². The van der Waals surface area contributed by atoms with Crippen LogP contribution >= 0.6 is 11.3 Å². The molecule has 1 heterocycles. The van der Waals surface area contributed by atoms with Crippen molar-refractivity contribution in [1.29, 1.82) is 0 Å². The first kappa shape index (κ1) is 18.9. The first-order valence-corrected chi connectivity index (χ1v) is 10.2. The van der Waals surface area contributed by atoms with Crippen LogP contribution in [-0.2, 0) is 0 Å². The maximum absolute atomic E-state index is 12.3. The Morgan fingerprint density at radius 2 is 1.48 bits per heavy atom. The highest BCUT2D eigenvalue weighted by atomic mass is 32.1. The normalized spacial score (nSPS) is 10.6. The molecule has 0 radical (unpaired) electrons. The highest BCUT2D eigenvalue weighted by molar-refractivity contribution is 7.14. The van der Waals surface area contributed by atoms with E-state index >= 15 is 0 Å². The molecule has 0 aliphatic rings. The average molecular weight is 400 g/mol. The number of anilines is 2. The molecule has 0 saturated heterocycles. The molecule has 29 heavy (non-hydrogen) atoms. The highest BCUT2D eigenvalue weighted by Crippen LogP contribution is 2.27. The van der Waals surface area contributed by atoms with Crippen molar-refractivity contribution >= 4 is 28.2 Å². The molecular formula is C24H21N3OS. The van der Waals surface area contributed by atoms with Crippen molar-refractivity contribution < 1.29 is 4.79 Å². The summed E-state index contributed by atoms with van der Waals surface area (Å²) in [5.74, 6) is 0.